The third-order valence-electron chi connectivity index (χ3n) is 3.37. The minimum absolute atomic E-state index is 0.0571. The van der Waals surface area contributed by atoms with Crippen molar-refractivity contribution >= 4 is 11.6 Å². The Morgan fingerprint density at radius 1 is 1.35 bits per heavy atom. The first kappa shape index (κ1) is 12.0. The van der Waals surface area contributed by atoms with Gasteiger partial charge in [-0.1, -0.05) is 18.6 Å². The molecule has 0 bridgehead atoms. The van der Waals surface area contributed by atoms with Gasteiger partial charge < -0.3 is 10.2 Å². The molecule has 1 amide bonds. The number of benzene rings is 1. The topological polar surface area (TPSA) is 32.3 Å². The van der Waals surface area contributed by atoms with E-state index in [1.165, 1.54) is 19.3 Å². The third kappa shape index (κ3) is 2.78. The molecule has 0 aliphatic heterocycles. The lowest BCUT2D eigenvalue weighted by molar-refractivity contribution is 0.0828. The molecule has 1 aromatic carbocycles. The van der Waals surface area contributed by atoms with E-state index in [0.717, 1.165) is 23.7 Å². The minimum atomic E-state index is 0.0571. The summed E-state index contributed by atoms with van der Waals surface area (Å²) in [6.07, 6.45) is 3.98. The van der Waals surface area contributed by atoms with Gasteiger partial charge in [0.15, 0.2) is 0 Å². The van der Waals surface area contributed by atoms with E-state index in [0.29, 0.717) is 0 Å². The smallest absolute Gasteiger partial charge is 0.255 e. The van der Waals surface area contributed by atoms with Gasteiger partial charge in [0, 0.05) is 26.3 Å². The molecular formula is C14H20N2O. The number of amides is 1. The number of hydrogen-bond acceptors (Lipinski definition) is 2. The zero-order valence-corrected chi connectivity index (χ0v) is 10.6. The average molecular weight is 232 g/mol. The maximum absolute atomic E-state index is 12.0. The summed E-state index contributed by atoms with van der Waals surface area (Å²) in [7, 11) is 3.57. The molecule has 92 valence electrons. The van der Waals surface area contributed by atoms with Crippen molar-refractivity contribution in [2.24, 2.45) is 5.92 Å². The van der Waals surface area contributed by atoms with E-state index in [2.05, 4.69) is 5.32 Å². The fourth-order valence-electron chi connectivity index (χ4n) is 2.02. The molecule has 1 aliphatic rings. The zero-order valence-electron chi connectivity index (χ0n) is 10.6. The van der Waals surface area contributed by atoms with Crippen LogP contribution >= 0.6 is 0 Å². The van der Waals surface area contributed by atoms with Crippen LogP contribution in [-0.4, -0.2) is 31.4 Å². The first-order chi connectivity index (χ1) is 8.18. The van der Waals surface area contributed by atoms with Gasteiger partial charge in [0.2, 0.25) is 0 Å². The van der Waals surface area contributed by atoms with Crippen LogP contribution in [0.25, 0.3) is 0 Å². The molecule has 0 atom stereocenters. The Bertz CT molecular complexity index is 397. The predicted octanol–water partition coefficient (Wildman–Crippen LogP) is 2.60. The minimum Gasteiger partial charge on any atom is -0.384 e. The SMILES string of the molecule is CN(C)C(=O)c1ccccc1NCC1CCC1. The molecule has 0 spiro atoms. The highest BCUT2D eigenvalue weighted by Crippen LogP contribution is 2.27. The van der Waals surface area contributed by atoms with Crippen LogP contribution in [0, 0.1) is 5.92 Å². The van der Waals surface area contributed by atoms with Gasteiger partial charge in [-0.3, -0.25) is 4.79 Å². The van der Waals surface area contributed by atoms with Crippen molar-refractivity contribution in [3.63, 3.8) is 0 Å². The van der Waals surface area contributed by atoms with Crippen molar-refractivity contribution in [2.45, 2.75) is 19.3 Å². The summed E-state index contributed by atoms with van der Waals surface area (Å²) >= 11 is 0. The highest BCUT2D eigenvalue weighted by atomic mass is 16.2. The lowest BCUT2D eigenvalue weighted by Gasteiger charge is -2.26. The molecule has 0 unspecified atom stereocenters. The number of anilines is 1. The Morgan fingerprint density at radius 3 is 2.65 bits per heavy atom. The number of rotatable bonds is 4. The third-order valence-corrected chi connectivity index (χ3v) is 3.37. The van der Waals surface area contributed by atoms with Crippen molar-refractivity contribution in [1.82, 2.24) is 4.90 Å². The normalized spacial score (nSPS) is 15.2. The zero-order chi connectivity index (χ0) is 12.3. The molecule has 0 heterocycles. The van der Waals surface area contributed by atoms with Gasteiger partial charge in [-0.25, -0.2) is 0 Å². The molecule has 0 radical (unpaired) electrons. The fourth-order valence-corrected chi connectivity index (χ4v) is 2.02. The molecule has 1 saturated carbocycles. The summed E-state index contributed by atoms with van der Waals surface area (Å²) in [5.41, 5.74) is 1.72. The van der Waals surface area contributed by atoms with Gasteiger partial charge in [-0.15, -0.1) is 0 Å². The molecule has 0 saturated heterocycles. The molecule has 17 heavy (non-hydrogen) atoms. The maximum Gasteiger partial charge on any atom is 0.255 e. The highest BCUT2D eigenvalue weighted by molar-refractivity contribution is 5.99. The number of carbonyl (C=O) groups excluding carboxylic acids is 1. The second kappa shape index (κ2) is 5.21. The van der Waals surface area contributed by atoms with Gasteiger partial charge in [0.05, 0.1) is 5.56 Å². The fraction of sp³-hybridized carbons (Fsp3) is 0.500. The highest BCUT2D eigenvalue weighted by Gasteiger charge is 2.18. The molecule has 3 nitrogen and oxygen atoms in total. The van der Waals surface area contributed by atoms with Crippen molar-refractivity contribution in [2.75, 3.05) is 26.0 Å². The van der Waals surface area contributed by atoms with Crippen LogP contribution in [0.1, 0.15) is 29.6 Å². The number of nitrogens with one attached hydrogen (secondary N) is 1. The Balaban J connectivity index is 2.06. The van der Waals surface area contributed by atoms with E-state index in [-0.39, 0.29) is 5.91 Å². The van der Waals surface area contributed by atoms with Gasteiger partial charge in [0.1, 0.15) is 0 Å². The summed E-state index contributed by atoms with van der Waals surface area (Å²) < 4.78 is 0. The van der Waals surface area contributed by atoms with Crippen molar-refractivity contribution < 1.29 is 4.79 Å². The molecule has 0 aromatic heterocycles. The van der Waals surface area contributed by atoms with Crippen molar-refractivity contribution in [1.29, 1.82) is 0 Å². The Kier molecular flexibility index (Phi) is 3.67. The maximum atomic E-state index is 12.0. The van der Waals surface area contributed by atoms with E-state index in [9.17, 15) is 4.79 Å². The van der Waals surface area contributed by atoms with Gasteiger partial charge in [-0.05, 0) is 30.9 Å². The Morgan fingerprint density at radius 2 is 2.06 bits per heavy atom. The van der Waals surface area contributed by atoms with E-state index in [4.69, 9.17) is 0 Å². The first-order valence-corrected chi connectivity index (χ1v) is 6.23. The first-order valence-electron chi connectivity index (χ1n) is 6.23. The van der Waals surface area contributed by atoms with Gasteiger partial charge in [0.25, 0.3) is 5.91 Å². The molecule has 1 aliphatic carbocycles. The monoisotopic (exact) mass is 232 g/mol. The van der Waals surface area contributed by atoms with Crippen LogP contribution in [0.5, 0.6) is 0 Å². The van der Waals surface area contributed by atoms with Gasteiger partial charge >= 0.3 is 0 Å². The summed E-state index contributed by atoms with van der Waals surface area (Å²) in [5, 5.41) is 3.40. The summed E-state index contributed by atoms with van der Waals surface area (Å²) in [5.74, 6) is 0.847. The summed E-state index contributed by atoms with van der Waals surface area (Å²) in [6, 6.07) is 7.74. The lowest BCUT2D eigenvalue weighted by atomic mass is 9.85. The number of hydrogen-bond donors (Lipinski definition) is 1. The van der Waals surface area contributed by atoms with Crippen LogP contribution in [0.3, 0.4) is 0 Å². The van der Waals surface area contributed by atoms with Crippen molar-refractivity contribution in [3.8, 4) is 0 Å². The second-order valence-electron chi connectivity index (χ2n) is 4.92. The van der Waals surface area contributed by atoms with Crippen LogP contribution in [0.2, 0.25) is 0 Å². The number of nitrogens with zero attached hydrogens (tertiary/aromatic N) is 1. The number of para-hydroxylation sites is 1. The average Bonchev–Trinajstić information content (AvgIpc) is 2.26. The van der Waals surface area contributed by atoms with Crippen LogP contribution < -0.4 is 5.32 Å². The van der Waals surface area contributed by atoms with Crippen molar-refractivity contribution in [3.05, 3.63) is 29.8 Å². The molecule has 1 fully saturated rings. The number of carbonyl (C=O) groups is 1. The Labute approximate surface area is 103 Å². The lowest BCUT2D eigenvalue weighted by Crippen LogP contribution is -2.25. The largest absolute Gasteiger partial charge is 0.384 e. The van der Waals surface area contributed by atoms with E-state index in [1.807, 2.05) is 24.3 Å². The van der Waals surface area contributed by atoms with Crippen LogP contribution in [0.4, 0.5) is 5.69 Å². The van der Waals surface area contributed by atoms with E-state index in [1.54, 1.807) is 19.0 Å². The van der Waals surface area contributed by atoms with Crippen LogP contribution in [-0.2, 0) is 0 Å². The standard InChI is InChI=1S/C14H20N2O/c1-16(2)14(17)12-8-3-4-9-13(12)15-10-11-6-5-7-11/h3-4,8-9,11,15H,5-7,10H2,1-2H3. The molecule has 1 N–H and O–H groups in total. The quantitative estimate of drug-likeness (QED) is 0.865. The Hall–Kier alpha value is -1.51. The molecule has 3 heteroatoms. The van der Waals surface area contributed by atoms with Crippen LogP contribution in [0.15, 0.2) is 24.3 Å². The predicted molar refractivity (Wildman–Crippen MR) is 70.3 cm³/mol. The van der Waals surface area contributed by atoms with E-state index >= 15 is 0 Å². The second-order valence-corrected chi connectivity index (χ2v) is 4.92. The van der Waals surface area contributed by atoms with Gasteiger partial charge in [-0.2, -0.15) is 0 Å². The van der Waals surface area contributed by atoms with E-state index < -0.39 is 0 Å². The molecule has 1 aromatic rings. The summed E-state index contributed by atoms with van der Waals surface area (Å²) in [6.45, 7) is 0.984. The molecular weight excluding hydrogens is 212 g/mol. The molecule has 2 rings (SSSR count). The summed E-state index contributed by atoms with van der Waals surface area (Å²) in [4.78, 5) is 13.6.